The maximum Gasteiger partial charge on any atom is 0.248 e. The van der Waals surface area contributed by atoms with Crippen LogP contribution in [-0.2, 0) is 0 Å². The molecule has 0 spiro atoms. The molecule has 0 amide bonds. The van der Waals surface area contributed by atoms with Gasteiger partial charge >= 0.3 is 0 Å². The maximum atomic E-state index is 8.90. The standard InChI is InChI=1S/C10H7N3O/c1-7-2-3-9(8(4-7)5-11)10-13-12-6-14-10/h2-4,6H,1H3. The van der Waals surface area contributed by atoms with Crippen molar-refractivity contribution in [2.75, 3.05) is 0 Å². The monoisotopic (exact) mass is 185 g/mol. The molecule has 0 saturated carbocycles. The van der Waals surface area contributed by atoms with E-state index in [1.54, 1.807) is 12.1 Å². The van der Waals surface area contributed by atoms with Gasteiger partial charge in [-0.15, -0.1) is 10.2 Å². The highest BCUT2D eigenvalue weighted by molar-refractivity contribution is 5.63. The van der Waals surface area contributed by atoms with E-state index in [2.05, 4.69) is 16.3 Å². The van der Waals surface area contributed by atoms with Gasteiger partial charge in [0.15, 0.2) is 0 Å². The summed E-state index contributed by atoms with van der Waals surface area (Å²) in [4.78, 5) is 0. The van der Waals surface area contributed by atoms with Crippen molar-refractivity contribution in [1.82, 2.24) is 10.2 Å². The minimum absolute atomic E-state index is 0.376. The van der Waals surface area contributed by atoms with Crippen LogP contribution in [0.3, 0.4) is 0 Å². The molecule has 1 heterocycles. The van der Waals surface area contributed by atoms with Gasteiger partial charge in [0.2, 0.25) is 12.3 Å². The molecule has 0 fully saturated rings. The molecule has 1 aromatic heterocycles. The fourth-order valence-electron chi connectivity index (χ4n) is 1.23. The van der Waals surface area contributed by atoms with Crippen molar-refractivity contribution in [1.29, 1.82) is 5.26 Å². The predicted molar refractivity (Wildman–Crippen MR) is 49.2 cm³/mol. The van der Waals surface area contributed by atoms with Crippen LogP contribution in [-0.4, -0.2) is 10.2 Å². The third-order valence-electron chi connectivity index (χ3n) is 1.89. The van der Waals surface area contributed by atoms with Crippen molar-refractivity contribution in [3.63, 3.8) is 0 Å². The first kappa shape index (κ1) is 8.45. The normalized spacial score (nSPS) is 9.71. The van der Waals surface area contributed by atoms with Gasteiger partial charge in [0.25, 0.3) is 0 Å². The molecule has 4 heteroatoms. The Morgan fingerprint density at radius 2 is 2.29 bits per heavy atom. The van der Waals surface area contributed by atoms with Gasteiger partial charge in [0.1, 0.15) is 0 Å². The number of aromatic nitrogens is 2. The number of nitriles is 1. The van der Waals surface area contributed by atoms with Crippen LogP contribution in [0.4, 0.5) is 0 Å². The highest BCUT2D eigenvalue weighted by atomic mass is 16.4. The molecule has 1 aromatic carbocycles. The van der Waals surface area contributed by atoms with Crippen LogP contribution < -0.4 is 0 Å². The Morgan fingerprint density at radius 3 is 2.93 bits per heavy atom. The lowest BCUT2D eigenvalue weighted by molar-refractivity contribution is 0.568. The summed E-state index contributed by atoms with van der Waals surface area (Å²) in [7, 11) is 0. The highest BCUT2D eigenvalue weighted by Crippen LogP contribution is 2.21. The summed E-state index contributed by atoms with van der Waals surface area (Å²) in [6.45, 7) is 1.93. The number of rotatable bonds is 1. The van der Waals surface area contributed by atoms with Crippen molar-refractivity contribution in [2.24, 2.45) is 0 Å². The van der Waals surface area contributed by atoms with Crippen LogP contribution in [0.1, 0.15) is 11.1 Å². The van der Waals surface area contributed by atoms with E-state index in [-0.39, 0.29) is 0 Å². The van der Waals surface area contributed by atoms with E-state index in [9.17, 15) is 0 Å². The second-order valence-corrected chi connectivity index (χ2v) is 2.90. The molecule has 0 radical (unpaired) electrons. The Labute approximate surface area is 80.8 Å². The van der Waals surface area contributed by atoms with E-state index in [0.29, 0.717) is 17.0 Å². The Hall–Kier alpha value is -2.15. The van der Waals surface area contributed by atoms with Crippen molar-refractivity contribution in [3.8, 4) is 17.5 Å². The summed E-state index contributed by atoms with van der Waals surface area (Å²) < 4.78 is 5.03. The highest BCUT2D eigenvalue weighted by Gasteiger charge is 2.08. The molecule has 68 valence electrons. The minimum atomic E-state index is 0.376. The SMILES string of the molecule is Cc1ccc(-c2nnco2)c(C#N)c1. The zero-order valence-corrected chi connectivity index (χ0v) is 7.56. The van der Waals surface area contributed by atoms with E-state index < -0.39 is 0 Å². The quantitative estimate of drug-likeness (QED) is 0.680. The van der Waals surface area contributed by atoms with Crippen LogP contribution in [0.5, 0.6) is 0 Å². The predicted octanol–water partition coefficient (Wildman–Crippen LogP) is 1.92. The summed E-state index contributed by atoms with van der Waals surface area (Å²) in [5.74, 6) is 0.376. The Morgan fingerprint density at radius 1 is 1.43 bits per heavy atom. The molecule has 0 aliphatic carbocycles. The summed E-state index contributed by atoms with van der Waals surface area (Å²) in [6, 6.07) is 7.60. The molecular weight excluding hydrogens is 178 g/mol. The van der Waals surface area contributed by atoms with Gasteiger partial charge < -0.3 is 4.42 Å². The van der Waals surface area contributed by atoms with Crippen molar-refractivity contribution in [3.05, 3.63) is 35.7 Å². The van der Waals surface area contributed by atoms with Crippen LogP contribution >= 0.6 is 0 Å². The van der Waals surface area contributed by atoms with E-state index in [1.807, 2.05) is 13.0 Å². The Bertz CT molecular complexity index is 483. The molecule has 0 atom stereocenters. The Balaban J connectivity index is 2.60. The lowest BCUT2D eigenvalue weighted by Crippen LogP contribution is -1.85. The minimum Gasteiger partial charge on any atom is -0.423 e. The largest absolute Gasteiger partial charge is 0.423 e. The second kappa shape index (κ2) is 3.30. The molecule has 0 N–H and O–H groups in total. The lowest BCUT2D eigenvalue weighted by Gasteiger charge is -1.98. The molecule has 0 aliphatic rings. The fourth-order valence-corrected chi connectivity index (χ4v) is 1.23. The molecule has 14 heavy (non-hydrogen) atoms. The third kappa shape index (κ3) is 1.36. The molecule has 0 aliphatic heterocycles. The van der Waals surface area contributed by atoms with E-state index >= 15 is 0 Å². The third-order valence-corrected chi connectivity index (χ3v) is 1.89. The topological polar surface area (TPSA) is 62.7 Å². The molecule has 2 aromatic rings. The first-order chi connectivity index (χ1) is 6.81. The van der Waals surface area contributed by atoms with Crippen LogP contribution in [0.2, 0.25) is 0 Å². The molecule has 4 nitrogen and oxygen atoms in total. The summed E-state index contributed by atoms with van der Waals surface area (Å²) >= 11 is 0. The number of nitrogens with zero attached hydrogens (tertiary/aromatic N) is 3. The van der Waals surface area contributed by atoms with E-state index in [4.69, 9.17) is 9.68 Å². The number of benzene rings is 1. The number of hydrogen-bond acceptors (Lipinski definition) is 4. The van der Waals surface area contributed by atoms with E-state index in [0.717, 1.165) is 5.56 Å². The molecule has 0 bridgehead atoms. The van der Waals surface area contributed by atoms with E-state index in [1.165, 1.54) is 6.39 Å². The number of hydrogen-bond donors (Lipinski definition) is 0. The zero-order valence-electron chi connectivity index (χ0n) is 7.56. The zero-order chi connectivity index (χ0) is 9.97. The van der Waals surface area contributed by atoms with Gasteiger partial charge in [-0.1, -0.05) is 6.07 Å². The second-order valence-electron chi connectivity index (χ2n) is 2.90. The first-order valence-electron chi connectivity index (χ1n) is 4.08. The van der Waals surface area contributed by atoms with Crippen molar-refractivity contribution < 1.29 is 4.42 Å². The molecule has 2 rings (SSSR count). The van der Waals surface area contributed by atoms with Crippen molar-refractivity contribution >= 4 is 0 Å². The van der Waals surface area contributed by atoms with Gasteiger partial charge in [-0.3, -0.25) is 0 Å². The fraction of sp³-hybridized carbons (Fsp3) is 0.100. The van der Waals surface area contributed by atoms with Crippen LogP contribution in [0.25, 0.3) is 11.5 Å². The van der Waals surface area contributed by atoms with Crippen LogP contribution in [0, 0.1) is 18.3 Å². The van der Waals surface area contributed by atoms with Gasteiger partial charge in [-0.05, 0) is 24.6 Å². The van der Waals surface area contributed by atoms with Gasteiger partial charge in [-0.25, -0.2) is 0 Å². The average Bonchev–Trinajstić information content (AvgIpc) is 2.70. The lowest BCUT2D eigenvalue weighted by atomic mass is 10.1. The molecule has 0 unspecified atom stereocenters. The van der Waals surface area contributed by atoms with Gasteiger partial charge in [0.05, 0.1) is 17.2 Å². The summed E-state index contributed by atoms with van der Waals surface area (Å²) in [6.07, 6.45) is 1.25. The smallest absolute Gasteiger partial charge is 0.248 e. The molecule has 0 saturated heterocycles. The number of aryl methyl sites for hydroxylation is 1. The summed E-state index contributed by atoms with van der Waals surface area (Å²) in [5, 5.41) is 16.2. The maximum absolute atomic E-state index is 8.90. The summed E-state index contributed by atoms with van der Waals surface area (Å²) in [5.41, 5.74) is 2.26. The van der Waals surface area contributed by atoms with Crippen LogP contribution in [0.15, 0.2) is 29.0 Å². The van der Waals surface area contributed by atoms with Gasteiger partial charge in [0, 0.05) is 0 Å². The van der Waals surface area contributed by atoms with Crippen molar-refractivity contribution in [2.45, 2.75) is 6.92 Å². The molecular formula is C10H7N3O. The van der Waals surface area contributed by atoms with Gasteiger partial charge in [-0.2, -0.15) is 5.26 Å². The Kier molecular flexibility index (Phi) is 1.99. The first-order valence-corrected chi connectivity index (χ1v) is 4.08. The average molecular weight is 185 g/mol.